The number of anilines is 1. The molecule has 1 aromatic heterocycles. The van der Waals surface area contributed by atoms with Crippen molar-refractivity contribution in [1.82, 2.24) is 9.97 Å². The molecule has 0 saturated heterocycles. The quantitative estimate of drug-likeness (QED) is 0.928. The number of nitrogens with one attached hydrogen (secondary N) is 1. The molecule has 0 fully saturated rings. The molecule has 0 saturated carbocycles. The molecular formula is C16H17F2N3. The zero-order chi connectivity index (χ0) is 14.8. The predicted molar refractivity (Wildman–Crippen MR) is 78.6 cm³/mol. The average molecular weight is 289 g/mol. The Morgan fingerprint density at radius 3 is 2.71 bits per heavy atom. The lowest BCUT2D eigenvalue weighted by Crippen LogP contribution is -2.12. The van der Waals surface area contributed by atoms with E-state index in [0.29, 0.717) is 11.4 Å². The molecule has 2 aromatic rings. The molecular weight excluding hydrogens is 272 g/mol. The van der Waals surface area contributed by atoms with Gasteiger partial charge in [-0.05, 0) is 31.7 Å². The van der Waals surface area contributed by atoms with Crippen LogP contribution in [0.1, 0.15) is 36.1 Å². The minimum absolute atomic E-state index is 0.000159. The van der Waals surface area contributed by atoms with Crippen molar-refractivity contribution in [2.45, 2.75) is 32.1 Å². The molecule has 5 heteroatoms. The number of hydrogen-bond donors (Lipinski definition) is 1. The number of fused-ring (bicyclic) bond motifs is 1. The van der Waals surface area contributed by atoms with Crippen LogP contribution in [0, 0.1) is 0 Å². The summed E-state index contributed by atoms with van der Waals surface area (Å²) in [6.07, 6.45) is 1.68. The van der Waals surface area contributed by atoms with E-state index in [1.807, 2.05) is 7.05 Å². The summed E-state index contributed by atoms with van der Waals surface area (Å²) in [7, 11) is 1.83. The molecule has 0 amide bonds. The Morgan fingerprint density at radius 2 is 1.95 bits per heavy atom. The molecule has 0 unspecified atom stereocenters. The van der Waals surface area contributed by atoms with Gasteiger partial charge in [0.1, 0.15) is 5.82 Å². The summed E-state index contributed by atoms with van der Waals surface area (Å²) in [5.41, 5.74) is 2.84. The standard InChI is InChI=1S/C16H17F2N3/c1-19-16-12-7-2-3-8-13(12)20-15(21-16)11-6-4-5-10(9-11)14(17)18/h4-6,9,14H,2-3,7-8H2,1H3,(H,19,20,21). The third-order valence-electron chi connectivity index (χ3n) is 3.82. The maximum Gasteiger partial charge on any atom is 0.263 e. The highest BCUT2D eigenvalue weighted by Gasteiger charge is 2.18. The second kappa shape index (κ2) is 5.76. The van der Waals surface area contributed by atoms with E-state index in [9.17, 15) is 8.78 Å². The molecule has 1 aliphatic rings. The van der Waals surface area contributed by atoms with Crippen LogP contribution in [-0.4, -0.2) is 17.0 Å². The maximum absolute atomic E-state index is 12.8. The van der Waals surface area contributed by atoms with E-state index in [0.717, 1.165) is 42.8 Å². The first-order valence-corrected chi connectivity index (χ1v) is 7.15. The van der Waals surface area contributed by atoms with Crippen LogP contribution < -0.4 is 5.32 Å². The number of alkyl halides is 2. The van der Waals surface area contributed by atoms with Gasteiger partial charge in [-0.15, -0.1) is 0 Å². The first kappa shape index (κ1) is 13.9. The normalized spacial score (nSPS) is 14.1. The van der Waals surface area contributed by atoms with Gasteiger partial charge in [0.15, 0.2) is 5.82 Å². The van der Waals surface area contributed by atoms with E-state index >= 15 is 0 Å². The lowest BCUT2D eigenvalue weighted by Gasteiger charge is -2.19. The van der Waals surface area contributed by atoms with Crippen LogP contribution >= 0.6 is 0 Å². The Balaban J connectivity index is 2.08. The molecule has 1 N–H and O–H groups in total. The van der Waals surface area contributed by atoms with Crippen molar-refractivity contribution in [3.05, 3.63) is 41.1 Å². The maximum atomic E-state index is 12.8. The molecule has 21 heavy (non-hydrogen) atoms. The van der Waals surface area contributed by atoms with Crippen LogP contribution in [0.3, 0.4) is 0 Å². The summed E-state index contributed by atoms with van der Waals surface area (Å²) in [6, 6.07) is 6.29. The fraction of sp³-hybridized carbons (Fsp3) is 0.375. The summed E-state index contributed by atoms with van der Waals surface area (Å²) >= 11 is 0. The van der Waals surface area contributed by atoms with Crippen LogP contribution in [0.4, 0.5) is 14.6 Å². The van der Waals surface area contributed by atoms with E-state index in [4.69, 9.17) is 0 Å². The highest BCUT2D eigenvalue weighted by atomic mass is 19.3. The van der Waals surface area contributed by atoms with Gasteiger partial charge in [0.05, 0.1) is 0 Å². The summed E-state index contributed by atoms with van der Waals surface area (Å²) in [6.45, 7) is 0. The molecule has 0 aliphatic heterocycles. The monoisotopic (exact) mass is 289 g/mol. The van der Waals surface area contributed by atoms with Gasteiger partial charge in [-0.25, -0.2) is 18.7 Å². The molecule has 0 radical (unpaired) electrons. The molecule has 0 atom stereocenters. The minimum atomic E-state index is -2.48. The van der Waals surface area contributed by atoms with Crippen LogP contribution in [-0.2, 0) is 12.8 Å². The smallest absolute Gasteiger partial charge is 0.263 e. The Kier molecular flexibility index (Phi) is 3.82. The molecule has 3 rings (SSSR count). The van der Waals surface area contributed by atoms with Gasteiger partial charge < -0.3 is 5.32 Å². The molecule has 0 bridgehead atoms. The van der Waals surface area contributed by atoms with Crippen LogP contribution in [0.2, 0.25) is 0 Å². The van der Waals surface area contributed by atoms with Crippen molar-refractivity contribution in [2.75, 3.05) is 12.4 Å². The number of aryl methyl sites for hydroxylation is 1. The van der Waals surface area contributed by atoms with Crippen LogP contribution in [0.15, 0.2) is 24.3 Å². The number of benzene rings is 1. The zero-order valence-corrected chi connectivity index (χ0v) is 11.9. The van der Waals surface area contributed by atoms with Crippen molar-refractivity contribution in [1.29, 1.82) is 0 Å². The number of halogens is 2. The van der Waals surface area contributed by atoms with Crippen LogP contribution in [0.25, 0.3) is 11.4 Å². The lowest BCUT2D eigenvalue weighted by atomic mass is 9.96. The van der Waals surface area contributed by atoms with Gasteiger partial charge >= 0.3 is 0 Å². The van der Waals surface area contributed by atoms with Crippen molar-refractivity contribution in [2.24, 2.45) is 0 Å². The van der Waals surface area contributed by atoms with Gasteiger partial charge in [-0.1, -0.05) is 18.2 Å². The van der Waals surface area contributed by atoms with Crippen molar-refractivity contribution in [3.63, 3.8) is 0 Å². The Hall–Kier alpha value is -2.04. The second-order valence-electron chi connectivity index (χ2n) is 5.20. The first-order valence-electron chi connectivity index (χ1n) is 7.15. The van der Waals surface area contributed by atoms with Gasteiger partial charge in [0.2, 0.25) is 0 Å². The van der Waals surface area contributed by atoms with Crippen molar-refractivity contribution < 1.29 is 8.78 Å². The fourth-order valence-electron chi connectivity index (χ4n) is 2.74. The van der Waals surface area contributed by atoms with Crippen molar-refractivity contribution >= 4 is 5.82 Å². The van der Waals surface area contributed by atoms with Crippen LogP contribution in [0.5, 0.6) is 0 Å². The Labute approximate surface area is 122 Å². The predicted octanol–water partition coefficient (Wildman–Crippen LogP) is 4.00. The number of nitrogens with zero attached hydrogens (tertiary/aromatic N) is 2. The fourth-order valence-corrected chi connectivity index (χ4v) is 2.74. The number of hydrogen-bond acceptors (Lipinski definition) is 3. The minimum Gasteiger partial charge on any atom is -0.373 e. The topological polar surface area (TPSA) is 37.8 Å². The first-order chi connectivity index (χ1) is 10.2. The number of aromatic nitrogens is 2. The molecule has 3 nitrogen and oxygen atoms in total. The van der Waals surface area contributed by atoms with E-state index in [1.165, 1.54) is 12.1 Å². The zero-order valence-electron chi connectivity index (χ0n) is 11.9. The van der Waals surface area contributed by atoms with Crippen molar-refractivity contribution in [3.8, 4) is 11.4 Å². The summed E-state index contributed by atoms with van der Waals surface area (Å²) in [4.78, 5) is 9.10. The highest BCUT2D eigenvalue weighted by Crippen LogP contribution is 2.29. The molecule has 0 spiro atoms. The molecule has 1 heterocycles. The van der Waals surface area contributed by atoms with E-state index in [-0.39, 0.29) is 5.56 Å². The molecule has 1 aromatic carbocycles. The Bertz CT molecular complexity index is 639. The Morgan fingerprint density at radius 1 is 1.14 bits per heavy atom. The largest absolute Gasteiger partial charge is 0.373 e. The SMILES string of the molecule is CNc1nc(-c2cccc(C(F)F)c2)nc2c1CCCC2. The van der Waals surface area contributed by atoms with E-state index < -0.39 is 6.43 Å². The number of rotatable bonds is 3. The lowest BCUT2D eigenvalue weighted by molar-refractivity contribution is 0.151. The van der Waals surface area contributed by atoms with Gasteiger partial charge in [-0.3, -0.25) is 0 Å². The van der Waals surface area contributed by atoms with E-state index in [2.05, 4.69) is 15.3 Å². The third-order valence-corrected chi connectivity index (χ3v) is 3.82. The average Bonchev–Trinajstić information content (AvgIpc) is 2.53. The summed E-state index contributed by atoms with van der Waals surface area (Å²) in [5.74, 6) is 1.33. The third kappa shape index (κ3) is 2.73. The highest BCUT2D eigenvalue weighted by molar-refractivity contribution is 5.61. The van der Waals surface area contributed by atoms with Gasteiger partial charge in [0.25, 0.3) is 6.43 Å². The second-order valence-corrected chi connectivity index (χ2v) is 5.20. The molecule has 110 valence electrons. The summed E-state index contributed by atoms with van der Waals surface area (Å²) < 4.78 is 25.7. The van der Waals surface area contributed by atoms with E-state index in [1.54, 1.807) is 12.1 Å². The van der Waals surface area contributed by atoms with Gasteiger partial charge in [0, 0.05) is 29.4 Å². The summed E-state index contributed by atoms with van der Waals surface area (Å²) in [5, 5.41) is 3.10. The van der Waals surface area contributed by atoms with Gasteiger partial charge in [-0.2, -0.15) is 0 Å². The molecule has 1 aliphatic carbocycles.